The van der Waals surface area contributed by atoms with Gasteiger partial charge in [-0.3, -0.25) is 0 Å². The molecule has 18 heavy (non-hydrogen) atoms. The molecule has 2 aromatic rings. The quantitative estimate of drug-likeness (QED) is 0.629. The fourth-order valence-electron chi connectivity index (χ4n) is 1.37. The molecule has 2 rings (SSSR count). The Hall–Kier alpha value is -1.39. The van der Waals surface area contributed by atoms with Crippen molar-refractivity contribution >= 4 is 23.2 Å². The number of hydrogen-bond donors (Lipinski definition) is 0. The molecule has 0 aliphatic rings. The average molecular weight is 287 g/mol. The minimum Gasteiger partial charge on any atom is -0.439 e. The zero-order valence-corrected chi connectivity index (χ0v) is 11.0. The maximum absolute atomic E-state index is 13.1. The van der Waals surface area contributed by atoms with Gasteiger partial charge in [0.2, 0.25) is 5.88 Å². The molecule has 0 aliphatic carbocycles. The van der Waals surface area contributed by atoms with E-state index in [2.05, 4.69) is 9.97 Å². The third kappa shape index (κ3) is 2.71. The predicted octanol–water partition coefficient (Wildman–Crippen LogP) is 4.11. The summed E-state index contributed by atoms with van der Waals surface area (Å²) in [6.07, 6.45) is 1.28. The number of nitrogens with zero attached hydrogens (tertiary/aromatic N) is 2. The molecular formula is C12H9Cl2FN2O. The molecule has 0 bridgehead atoms. The van der Waals surface area contributed by atoms with Gasteiger partial charge in [0.15, 0.2) is 0 Å². The average Bonchev–Trinajstić information content (AvgIpc) is 2.34. The number of rotatable bonds is 3. The molecule has 0 atom stereocenters. The van der Waals surface area contributed by atoms with Gasteiger partial charge in [-0.05, 0) is 30.7 Å². The number of aromatic nitrogens is 2. The summed E-state index contributed by atoms with van der Waals surface area (Å²) >= 11 is 11.6. The molecule has 0 spiro atoms. The molecule has 6 heteroatoms. The van der Waals surface area contributed by atoms with Crippen LogP contribution in [-0.4, -0.2) is 9.97 Å². The largest absolute Gasteiger partial charge is 0.439 e. The highest BCUT2D eigenvalue weighted by molar-refractivity contribution is 6.31. The van der Waals surface area contributed by atoms with Gasteiger partial charge >= 0.3 is 0 Å². The van der Waals surface area contributed by atoms with Crippen molar-refractivity contribution < 1.29 is 9.13 Å². The summed E-state index contributed by atoms with van der Waals surface area (Å²) in [4.78, 5) is 7.78. The fourth-order valence-corrected chi connectivity index (χ4v) is 1.87. The summed E-state index contributed by atoms with van der Waals surface area (Å²) in [7, 11) is 0. The molecule has 0 aliphatic heterocycles. The van der Waals surface area contributed by atoms with E-state index in [0.717, 1.165) is 0 Å². The smallest absolute Gasteiger partial charge is 0.228 e. The van der Waals surface area contributed by atoms with Crippen LogP contribution in [0.4, 0.5) is 4.39 Å². The molecule has 0 radical (unpaired) electrons. The first kappa shape index (κ1) is 13.1. The van der Waals surface area contributed by atoms with E-state index in [1.807, 2.05) is 0 Å². The maximum Gasteiger partial charge on any atom is 0.228 e. The normalized spacial score (nSPS) is 10.4. The first-order chi connectivity index (χ1) is 8.61. The van der Waals surface area contributed by atoms with Crippen molar-refractivity contribution in [1.29, 1.82) is 0 Å². The molecule has 0 saturated carbocycles. The van der Waals surface area contributed by atoms with Gasteiger partial charge in [-0.25, -0.2) is 14.4 Å². The van der Waals surface area contributed by atoms with Crippen LogP contribution >= 0.6 is 23.2 Å². The van der Waals surface area contributed by atoms with E-state index in [1.165, 1.54) is 18.5 Å². The van der Waals surface area contributed by atoms with Gasteiger partial charge in [-0.15, -0.1) is 11.6 Å². The van der Waals surface area contributed by atoms with Crippen molar-refractivity contribution in [1.82, 2.24) is 9.97 Å². The second-order valence-electron chi connectivity index (χ2n) is 3.59. The zero-order chi connectivity index (χ0) is 13.1. The maximum atomic E-state index is 13.1. The molecule has 3 nitrogen and oxygen atoms in total. The van der Waals surface area contributed by atoms with Crippen molar-refractivity contribution in [2.24, 2.45) is 0 Å². The van der Waals surface area contributed by atoms with Crippen molar-refractivity contribution in [3.05, 3.63) is 46.6 Å². The molecule has 1 aromatic heterocycles. The van der Waals surface area contributed by atoms with Crippen molar-refractivity contribution in [2.45, 2.75) is 12.8 Å². The molecule has 1 aromatic carbocycles. The minimum absolute atomic E-state index is 0.134. The van der Waals surface area contributed by atoms with Gasteiger partial charge in [0.05, 0.1) is 11.4 Å². The third-order valence-corrected chi connectivity index (χ3v) is 2.92. The van der Waals surface area contributed by atoms with Crippen molar-refractivity contribution in [3.63, 3.8) is 0 Å². The van der Waals surface area contributed by atoms with Crippen LogP contribution in [-0.2, 0) is 5.88 Å². The fraction of sp³-hybridized carbons (Fsp3) is 0.167. The molecule has 0 unspecified atom stereocenters. The Morgan fingerprint density at radius 3 is 2.78 bits per heavy atom. The van der Waals surface area contributed by atoms with Crippen LogP contribution in [0.1, 0.15) is 11.1 Å². The minimum atomic E-state index is -0.291. The molecule has 94 valence electrons. The van der Waals surface area contributed by atoms with E-state index in [1.54, 1.807) is 13.0 Å². The van der Waals surface area contributed by atoms with Gasteiger partial charge in [-0.1, -0.05) is 11.6 Å². The van der Waals surface area contributed by atoms with Gasteiger partial charge in [0.1, 0.15) is 23.0 Å². The lowest BCUT2D eigenvalue weighted by molar-refractivity contribution is 0.454. The summed E-state index contributed by atoms with van der Waals surface area (Å²) in [5, 5.41) is 0.244. The number of ether oxygens (including phenoxy) is 1. The highest BCUT2D eigenvalue weighted by Gasteiger charge is 2.11. The first-order valence-electron chi connectivity index (χ1n) is 5.11. The molecular weight excluding hydrogens is 278 g/mol. The summed E-state index contributed by atoms with van der Waals surface area (Å²) in [6, 6.07) is 4.41. The van der Waals surface area contributed by atoms with Crippen LogP contribution in [0.3, 0.4) is 0 Å². The second kappa shape index (κ2) is 5.50. The monoisotopic (exact) mass is 286 g/mol. The van der Waals surface area contributed by atoms with Gasteiger partial charge in [0.25, 0.3) is 0 Å². The summed E-state index contributed by atoms with van der Waals surface area (Å²) < 4.78 is 18.7. The van der Waals surface area contributed by atoms with E-state index >= 15 is 0 Å². The van der Waals surface area contributed by atoms with Crippen LogP contribution < -0.4 is 4.74 Å². The van der Waals surface area contributed by atoms with Crippen molar-refractivity contribution in [2.75, 3.05) is 0 Å². The second-order valence-corrected chi connectivity index (χ2v) is 4.22. The Morgan fingerprint density at radius 1 is 1.33 bits per heavy atom. The van der Waals surface area contributed by atoms with Crippen molar-refractivity contribution in [3.8, 4) is 11.6 Å². The summed E-state index contributed by atoms with van der Waals surface area (Å²) in [5.74, 6) is 0.585. The molecule has 1 heterocycles. The van der Waals surface area contributed by atoms with Gasteiger partial charge < -0.3 is 4.74 Å². The number of alkyl halides is 1. The molecule has 0 N–H and O–H groups in total. The summed E-state index contributed by atoms with van der Waals surface area (Å²) in [5.41, 5.74) is 0.989. The Balaban J connectivity index is 2.34. The van der Waals surface area contributed by atoms with Gasteiger partial charge in [0, 0.05) is 0 Å². The number of aryl methyl sites for hydroxylation is 1. The van der Waals surface area contributed by atoms with Crippen LogP contribution in [0.15, 0.2) is 24.5 Å². The zero-order valence-electron chi connectivity index (χ0n) is 9.45. The Morgan fingerprint density at radius 2 is 2.11 bits per heavy atom. The third-order valence-electron chi connectivity index (χ3n) is 2.33. The SMILES string of the molecule is Cc1cc(Oc2ncnc(Cl)c2CCl)ccc1F. The van der Waals surface area contributed by atoms with Gasteiger partial charge in [-0.2, -0.15) is 0 Å². The highest BCUT2D eigenvalue weighted by atomic mass is 35.5. The number of halogens is 3. The Bertz CT molecular complexity index is 578. The lowest BCUT2D eigenvalue weighted by Gasteiger charge is -2.09. The number of hydrogen-bond acceptors (Lipinski definition) is 3. The molecule has 0 saturated heterocycles. The summed E-state index contributed by atoms with van der Waals surface area (Å²) in [6.45, 7) is 1.65. The Labute approximate surface area is 114 Å². The lowest BCUT2D eigenvalue weighted by Crippen LogP contribution is -1.96. The molecule has 0 fully saturated rings. The van der Waals surface area contributed by atoms with E-state index in [0.29, 0.717) is 16.9 Å². The van der Waals surface area contributed by atoms with Crippen LogP contribution in [0, 0.1) is 12.7 Å². The van der Waals surface area contributed by atoms with Crippen LogP contribution in [0.2, 0.25) is 5.15 Å². The Kier molecular flexibility index (Phi) is 3.99. The highest BCUT2D eigenvalue weighted by Crippen LogP contribution is 2.28. The van der Waals surface area contributed by atoms with E-state index < -0.39 is 0 Å². The van der Waals surface area contributed by atoms with E-state index in [9.17, 15) is 4.39 Å². The first-order valence-corrected chi connectivity index (χ1v) is 6.02. The lowest BCUT2D eigenvalue weighted by atomic mass is 10.2. The number of benzene rings is 1. The predicted molar refractivity (Wildman–Crippen MR) is 67.8 cm³/mol. The topological polar surface area (TPSA) is 35.0 Å². The van der Waals surface area contributed by atoms with E-state index in [-0.39, 0.29) is 22.7 Å². The molecule has 0 amide bonds. The standard InChI is InChI=1S/C12H9Cl2FN2O/c1-7-4-8(2-3-10(7)15)18-12-9(5-13)11(14)16-6-17-12/h2-4,6H,5H2,1H3. The van der Waals surface area contributed by atoms with Crippen LogP contribution in [0.5, 0.6) is 11.6 Å². The van der Waals surface area contributed by atoms with E-state index in [4.69, 9.17) is 27.9 Å². The van der Waals surface area contributed by atoms with Crippen LogP contribution in [0.25, 0.3) is 0 Å².